The van der Waals surface area contributed by atoms with E-state index in [-0.39, 0.29) is 12.6 Å². The van der Waals surface area contributed by atoms with E-state index in [0.29, 0.717) is 35.4 Å². The summed E-state index contributed by atoms with van der Waals surface area (Å²) in [5.74, 6) is 0.906. The number of aliphatic hydroxyl groups excluding tert-OH is 1. The number of ether oxygens (including phenoxy) is 1. The van der Waals surface area contributed by atoms with Crippen molar-refractivity contribution in [3.8, 4) is 0 Å². The standard InChI is InChI=1S/C11H17N3O2S.C9H15N3OS/c1-5-12-9-8(10(15)16-6-2)7(3)13-11(14-9)17-4;1-4-10-8-7(5-13)6(2)11-9(12-8)14-3/h5-6H2,1-4H3,(H,12,13,14);13H,4-5H2,1-3H3,(H,10,11,12). The van der Waals surface area contributed by atoms with E-state index in [1.54, 1.807) is 13.8 Å². The fourth-order valence-electron chi connectivity index (χ4n) is 2.55. The van der Waals surface area contributed by atoms with Crippen LogP contribution < -0.4 is 10.6 Å². The molecule has 3 N–H and O–H groups in total. The summed E-state index contributed by atoms with van der Waals surface area (Å²) in [6.07, 6.45) is 3.83. The molecule has 2 heterocycles. The van der Waals surface area contributed by atoms with Crippen LogP contribution in [-0.4, -0.2) is 63.2 Å². The summed E-state index contributed by atoms with van der Waals surface area (Å²) in [5, 5.41) is 16.7. The first-order valence-electron chi connectivity index (χ1n) is 9.96. The number of thioether (sulfide) groups is 2. The summed E-state index contributed by atoms with van der Waals surface area (Å²) in [6, 6.07) is 0. The number of hydrogen-bond acceptors (Lipinski definition) is 11. The smallest absolute Gasteiger partial charge is 0.343 e. The number of anilines is 2. The minimum Gasteiger partial charge on any atom is -0.462 e. The van der Waals surface area contributed by atoms with Crippen molar-refractivity contribution in [1.82, 2.24) is 19.9 Å². The first-order valence-corrected chi connectivity index (χ1v) is 12.4. The summed E-state index contributed by atoms with van der Waals surface area (Å²) < 4.78 is 5.00. The number of rotatable bonds is 9. The SMILES string of the molecule is CCNc1nc(SC)nc(C)c1C(=O)OCC.CCNc1nc(SC)nc(C)c1CO. The van der Waals surface area contributed by atoms with Crippen LogP contribution in [0.3, 0.4) is 0 Å². The van der Waals surface area contributed by atoms with Crippen LogP contribution >= 0.6 is 23.5 Å². The molecule has 0 amide bonds. The zero-order chi connectivity index (χ0) is 23.4. The molecule has 0 aliphatic heterocycles. The van der Waals surface area contributed by atoms with E-state index in [1.165, 1.54) is 23.5 Å². The Morgan fingerprint density at radius 2 is 1.42 bits per heavy atom. The molecule has 2 aromatic heterocycles. The van der Waals surface area contributed by atoms with E-state index in [9.17, 15) is 4.79 Å². The third-order valence-corrected chi connectivity index (χ3v) is 5.05. The number of hydrogen-bond donors (Lipinski definition) is 3. The lowest BCUT2D eigenvalue weighted by Crippen LogP contribution is -2.15. The maximum Gasteiger partial charge on any atom is 0.343 e. The van der Waals surface area contributed by atoms with Gasteiger partial charge >= 0.3 is 5.97 Å². The van der Waals surface area contributed by atoms with Crippen LogP contribution in [0.25, 0.3) is 0 Å². The number of carbonyl (C=O) groups excluding carboxylic acids is 1. The predicted molar refractivity (Wildman–Crippen MR) is 127 cm³/mol. The van der Waals surface area contributed by atoms with Crippen molar-refractivity contribution in [3.05, 3.63) is 22.5 Å². The Morgan fingerprint density at radius 3 is 1.90 bits per heavy atom. The Hall–Kier alpha value is -2.11. The van der Waals surface area contributed by atoms with Gasteiger partial charge in [0.05, 0.1) is 18.9 Å². The number of aliphatic hydroxyl groups is 1. The zero-order valence-corrected chi connectivity index (χ0v) is 20.8. The van der Waals surface area contributed by atoms with Crippen LogP contribution in [-0.2, 0) is 11.3 Å². The Morgan fingerprint density at radius 1 is 0.903 bits per heavy atom. The molecule has 0 spiro atoms. The van der Waals surface area contributed by atoms with Gasteiger partial charge < -0.3 is 20.5 Å². The molecule has 9 nitrogen and oxygen atoms in total. The molecule has 172 valence electrons. The van der Waals surface area contributed by atoms with E-state index in [2.05, 4.69) is 30.6 Å². The van der Waals surface area contributed by atoms with Crippen molar-refractivity contribution < 1.29 is 14.6 Å². The van der Waals surface area contributed by atoms with Gasteiger partial charge in [-0.3, -0.25) is 0 Å². The molecule has 11 heteroatoms. The van der Waals surface area contributed by atoms with Gasteiger partial charge in [-0.05, 0) is 47.1 Å². The quantitative estimate of drug-likeness (QED) is 0.284. The van der Waals surface area contributed by atoms with Gasteiger partial charge in [-0.1, -0.05) is 23.5 Å². The molecule has 0 radical (unpaired) electrons. The van der Waals surface area contributed by atoms with E-state index in [0.717, 1.165) is 28.8 Å². The molecule has 0 fully saturated rings. The van der Waals surface area contributed by atoms with E-state index in [4.69, 9.17) is 9.84 Å². The second-order valence-corrected chi connectivity index (χ2v) is 7.63. The molecule has 31 heavy (non-hydrogen) atoms. The lowest BCUT2D eigenvalue weighted by Gasteiger charge is -2.12. The summed E-state index contributed by atoms with van der Waals surface area (Å²) in [7, 11) is 0. The summed E-state index contributed by atoms with van der Waals surface area (Å²) in [5.41, 5.74) is 2.68. The number of nitrogens with one attached hydrogen (secondary N) is 2. The van der Waals surface area contributed by atoms with Gasteiger partial charge in [-0.15, -0.1) is 0 Å². The molecule has 0 atom stereocenters. The maximum atomic E-state index is 11.8. The van der Waals surface area contributed by atoms with Crippen LogP contribution in [0.2, 0.25) is 0 Å². The molecule has 0 aromatic carbocycles. The normalized spacial score (nSPS) is 10.2. The van der Waals surface area contributed by atoms with Crippen molar-refractivity contribution in [2.24, 2.45) is 0 Å². The van der Waals surface area contributed by atoms with Crippen molar-refractivity contribution >= 4 is 41.1 Å². The highest BCUT2D eigenvalue weighted by atomic mass is 32.2. The van der Waals surface area contributed by atoms with Gasteiger partial charge in [-0.25, -0.2) is 24.7 Å². The highest BCUT2D eigenvalue weighted by molar-refractivity contribution is 7.98. The van der Waals surface area contributed by atoms with Crippen molar-refractivity contribution in [2.45, 2.75) is 51.5 Å². The second kappa shape index (κ2) is 14.0. The molecule has 0 bridgehead atoms. The van der Waals surface area contributed by atoms with Gasteiger partial charge in [0.15, 0.2) is 10.3 Å². The third-order valence-electron chi connectivity index (χ3n) is 3.95. The highest BCUT2D eigenvalue weighted by Gasteiger charge is 2.19. The predicted octanol–water partition coefficient (Wildman–Crippen LogP) is 3.55. The van der Waals surface area contributed by atoms with Crippen LogP contribution in [0.5, 0.6) is 0 Å². The average molecular weight is 469 g/mol. The number of nitrogens with zero attached hydrogens (tertiary/aromatic N) is 4. The van der Waals surface area contributed by atoms with Crippen LogP contribution in [0.15, 0.2) is 10.3 Å². The number of aromatic nitrogens is 4. The van der Waals surface area contributed by atoms with E-state index in [1.807, 2.05) is 33.3 Å². The number of esters is 1. The Balaban J connectivity index is 0.000000316. The van der Waals surface area contributed by atoms with E-state index < -0.39 is 0 Å². The van der Waals surface area contributed by atoms with Crippen LogP contribution in [0, 0.1) is 13.8 Å². The summed E-state index contributed by atoms with van der Waals surface area (Å²) >= 11 is 2.94. The topological polar surface area (TPSA) is 122 Å². The average Bonchev–Trinajstić information content (AvgIpc) is 2.74. The van der Waals surface area contributed by atoms with Crippen LogP contribution in [0.1, 0.15) is 48.1 Å². The largest absolute Gasteiger partial charge is 0.462 e. The van der Waals surface area contributed by atoms with E-state index >= 15 is 0 Å². The molecular weight excluding hydrogens is 436 g/mol. The lowest BCUT2D eigenvalue weighted by molar-refractivity contribution is 0.0525. The molecule has 2 aromatic rings. The first kappa shape index (κ1) is 26.9. The molecule has 0 aliphatic carbocycles. The number of carbonyl (C=O) groups is 1. The summed E-state index contributed by atoms with van der Waals surface area (Å²) in [6.45, 7) is 11.2. The molecular formula is C20H32N6O3S2. The van der Waals surface area contributed by atoms with Gasteiger partial charge in [0, 0.05) is 24.3 Å². The molecule has 0 saturated carbocycles. The van der Waals surface area contributed by atoms with Crippen molar-refractivity contribution in [3.63, 3.8) is 0 Å². The monoisotopic (exact) mass is 468 g/mol. The Kier molecular flexibility index (Phi) is 12.2. The minimum atomic E-state index is -0.381. The Labute approximate surface area is 192 Å². The van der Waals surface area contributed by atoms with Gasteiger partial charge in [0.1, 0.15) is 17.2 Å². The molecule has 0 aliphatic rings. The van der Waals surface area contributed by atoms with Crippen molar-refractivity contribution in [2.75, 3.05) is 42.8 Å². The lowest BCUT2D eigenvalue weighted by atomic mass is 10.2. The highest BCUT2D eigenvalue weighted by Crippen LogP contribution is 2.21. The summed E-state index contributed by atoms with van der Waals surface area (Å²) in [4.78, 5) is 28.9. The van der Waals surface area contributed by atoms with Crippen LogP contribution in [0.4, 0.5) is 11.6 Å². The Bertz CT molecular complexity index is 867. The third kappa shape index (κ3) is 7.82. The van der Waals surface area contributed by atoms with Gasteiger partial charge in [-0.2, -0.15) is 0 Å². The second-order valence-electron chi connectivity index (χ2n) is 6.08. The first-order chi connectivity index (χ1) is 14.9. The minimum absolute atomic E-state index is 0.0250. The molecule has 0 saturated heterocycles. The van der Waals surface area contributed by atoms with Gasteiger partial charge in [0.25, 0.3) is 0 Å². The molecule has 2 rings (SSSR count). The van der Waals surface area contributed by atoms with Gasteiger partial charge in [0.2, 0.25) is 0 Å². The number of aryl methyl sites for hydroxylation is 2. The van der Waals surface area contributed by atoms with Crippen molar-refractivity contribution in [1.29, 1.82) is 0 Å². The fraction of sp³-hybridized carbons (Fsp3) is 0.550. The maximum absolute atomic E-state index is 11.8. The fourth-order valence-corrected chi connectivity index (χ4v) is 3.37. The molecule has 0 unspecified atom stereocenters. The zero-order valence-electron chi connectivity index (χ0n) is 19.2.